The number of benzene rings is 1. The molecule has 0 unspecified atom stereocenters. The van der Waals surface area contributed by atoms with E-state index < -0.39 is 0 Å². The van der Waals surface area contributed by atoms with Crippen LogP contribution in [0.1, 0.15) is 17.1 Å². The van der Waals surface area contributed by atoms with Gasteiger partial charge in [-0.25, -0.2) is 0 Å². The lowest BCUT2D eigenvalue weighted by Crippen LogP contribution is -2.17. The molecule has 0 bridgehead atoms. The Morgan fingerprint density at radius 1 is 1.37 bits per heavy atom. The maximum absolute atomic E-state index is 6.16. The summed E-state index contributed by atoms with van der Waals surface area (Å²) in [6.45, 7) is 2.61. The zero-order valence-corrected chi connectivity index (χ0v) is 12.4. The van der Waals surface area contributed by atoms with Crippen LogP contribution in [0.2, 0.25) is 5.02 Å². The van der Waals surface area contributed by atoms with E-state index in [0.717, 1.165) is 17.2 Å². The van der Waals surface area contributed by atoms with E-state index >= 15 is 0 Å². The monoisotopic (exact) mass is 294 g/mol. The van der Waals surface area contributed by atoms with Crippen molar-refractivity contribution in [3.63, 3.8) is 0 Å². The lowest BCUT2D eigenvalue weighted by molar-refractivity contribution is 0.482. The van der Waals surface area contributed by atoms with Gasteiger partial charge in [0.15, 0.2) is 0 Å². The molecule has 5 heteroatoms. The summed E-state index contributed by atoms with van der Waals surface area (Å²) < 4.78 is 5.55. The third-order valence-corrected chi connectivity index (χ3v) is 3.38. The topological polar surface area (TPSA) is 42.4 Å². The fourth-order valence-electron chi connectivity index (χ4n) is 1.84. The fraction of sp³-hybridized carbons (Fsp3) is 0.214. The number of hydrogen-bond donors (Lipinski definition) is 1. The number of hydrogen-bond acceptors (Lipinski definition) is 3. The Hall–Kier alpha value is -1.52. The molecular weight excluding hydrogens is 280 g/mol. The summed E-state index contributed by atoms with van der Waals surface area (Å²) in [5.41, 5.74) is 7.27. The Kier molecular flexibility index (Phi) is 4.12. The molecule has 0 saturated carbocycles. The molecule has 100 valence electrons. The first-order valence-corrected chi connectivity index (χ1v) is 6.62. The van der Waals surface area contributed by atoms with Gasteiger partial charge >= 0.3 is 0 Å². The van der Waals surface area contributed by atoms with Crippen molar-refractivity contribution in [2.45, 2.75) is 13.5 Å². The van der Waals surface area contributed by atoms with Gasteiger partial charge < -0.3 is 15.1 Å². The van der Waals surface area contributed by atoms with E-state index in [-0.39, 0.29) is 0 Å². The van der Waals surface area contributed by atoms with E-state index in [9.17, 15) is 0 Å². The second kappa shape index (κ2) is 5.63. The predicted molar refractivity (Wildman–Crippen MR) is 82.9 cm³/mol. The van der Waals surface area contributed by atoms with Gasteiger partial charge in [-0.05, 0) is 37.3 Å². The minimum Gasteiger partial charge on any atom is -0.464 e. The fourth-order valence-corrected chi connectivity index (χ4v) is 2.35. The highest BCUT2D eigenvalue weighted by atomic mass is 35.5. The van der Waals surface area contributed by atoms with Crippen LogP contribution in [0.15, 0.2) is 34.7 Å². The lowest BCUT2D eigenvalue weighted by atomic mass is 10.2. The summed E-state index contributed by atoms with van der Waals surface area (Å²) in [5.74, 6) is 1.82. The van der Waals surface area contributed by atoms with Crippen LogP contribution in [0, 0.1) is 6.92 Å². The second-order valence-corrected chi connectivity index (χ2v) is 5.24. The Labute approximate surface area is 123 Å². The molecule has 1 heterocycles. The Morgan fingerprint density at radius 2 is 2.11 bits per heavy atom. The van der Waals surface area contributed by atoms with Crippen molar-refractivity contribution >= 4 is 34.5 Å². The number of halogens is 1. The summed E-state index contributed by atoms with van der Waals surface area (Å²) in [6, 6.07) is 9.55. The summed E-state index contributed by atoms with van der Waals surface area (Å²) in [5, 5.41) is 0.562. The summed E-state index contributed by atoms with van der Waals surface area (Å²) >= 11 is 11.1. The minimum atomic E-state index is 0.306. The van der Waals surface area contributed by atoms with Crippen molar-refractivity contribution < 1.29 is 4.42 Å². The molecule has 0 saturated heterocycles. The molecule has 0 aliphatic carbocycles. The second-order valence-electron chi connectivity index (χ2n) is 4.40. The number of nitrogens with two attached hydrogens (primary N) is 1. The van der Waals surface area contributed by atoms with Crippen LogP contribution in [0.25, 0.3) is 0 Å². The van der Waals surface area contributed by atoms with Gasteiger partial charge in [-0.15, -0.1) is 0 Å². The van der Waals surface area contributed by atoms with Crippen molar-refractivity contribution in [1.29, 1.82) is 0 Å². The van der Waals surface area contributed by atoms with Crippen molar-refractivity contribution in [1.82, 2.24) is 0 Å². The highest BCUT2D eigenvalue weighted by Crippen LogP contribution is 2.24. The Morgan fingerprint density at radius 3 is 2.63 bits per heavy atom. The number of nitrogens with zero attached hydrogens (tertiary/aromatic N) is 1. The molecule has 1 aromatic heterocycles. The standard InChI is InChI=1S/C14H15ClN2OS/c1-9-3-5-11(18-9)8-17(2)10-4-6-12(14(16)19)13(15)7-10/h3-7H,8H2,1-2H3,(H2,16,19). The van der Waals surface area contributed by atoms with E-state index in [1.165, 1.54) is 0 Å². The van der Waals surface area contributed by atoms with Crippen LogP contribution in [-0.4, -0.2) is 12.0 Å². The molecule has 19 heavy (non-hydrogen) atoms. The van der Waals surface area contributed by atoms with Crippen molar-refractivity contribution in [2.24, 2.45) is 5.73 Å². The van der Waals surface area contributed by atoms with E-state index in [1.54, 1.807) is 0 Å². The maximum atomic E-state index is 6.16. The molecule has 3 nitrogen and oxygen atoms in total. The van der Waals surface area contributed by atoms with Crippen molar-refractivity contribution in [3.8, 4) is 0 Å². The smallest absolute Gasteiger partial charge is 0.123 e. The number of aryl methyl sites for hydroxylation is 1. The van der Waals surface area contributed by atoms with E-state index in [2.05, 4.69) is 0 Å². The Bertz CT molecular complexity index is 609. The van der Waals surface area contributed by atoms with E-state index in [0.29, 0.717) is 22.1 Å². The van der Waals surface area contributed by atoms with Gasteiger partial charge in [-0.2, -0.15) is 0 Å². The summed E-state index contributed by atoms with van der Waals surface area (Å²) in [7, 11) is 1.98. The average Bonchev–Trinajstić information content (AvgIpc) is 2.74. The first kappa shape index (κ1) is 13.9. The van der Waals surface area contributed by atoms with Gasteiger partial charge in [-0.3, -0.25) is 0 Å². The zero-order valence-electron chi connectivity index (χ0n) is 10.8. The number of furan rings is 1. The first-order valence-electron chi connectivity index (χ1n) is 5.83. The first-order chi connectivity index (χ1) is 8.97. The van der Waals surface area contributed by atoms with Crippen LogP contribution in [0.5, 0.6) is 0 Å². The molecule has 2 aromatic rings. The third kappa shape index (κ3) is 3.28. The molecular formula is C14H15ClN2OS. The molecule has 0 aliphatic rings. The molecule has 0 amide bonds. The summed E-state index contributed by atoms with van der Waals surface area (Å²) in [6.07, 6.45) is 0. The van der Waals surface area contributed by atoms with Gasteiger partial charge in [0.05, 0.1) is 11.6 Å². The largest absolute Gasteiger partial charge is 0.464 e. The van der Waals surface area contributed by atoms with Gasteiger partial charge in [0.2, 0.25) is 0 Å². The predicted octanol–water partition coefficient (Wildman–Crippen LogP) is 3.51. The highest BCUT2D eigenvalue weighted by molar-refractivity contribution is 7.80. The molecule has 2 rings (SSSR count). The minimum absolute atomic E-state index is 0.306. The van der Waals surface area contributed by atoms with Crippen LogP contribution >= 0.6 is 23.8 Å². The molecule has 0 aliphatic heterocycles. The third-order valence-electron chi connectivity index (χ3n) is 2.85. The number of rotatable bonds is 4. The van der Waals surface area contributed by atoms with Crippen molar-refractivity contribution in [3.05, 3.63) is 52.4 Å². The molecule has 0 fully saturated rings. The van der Waals surface area contributed by atoms with Gasteiger partial charge in [0.1, 0.15) is 16.5 Å². The van der Waals surface area contributed by atoms with Crippen LogP contribution in [-0.2, 0) is 6.54 Å². The lowest BCUT2D eigenvalue weighted by Gasteiger charge is -2.19. The van der Waals surface area contributed by atoms with E-state index in [4.69, 9.17) is 34.0 Å². The normalized spacial score (nSPS) is 10.5. The van der Waals surface area contributed by atoms with Crippen molar-refractivity contribution in [2.75, 3.05) is 11.9 Å². The van der Waals surface area contributed by atoms with Crippen LogP contribution in [0.3, 0.4) is 0 Å². The zero-order chi connectivity index (χ0) is 14.0. The van der Waals surface area contributed by atoms with E-state index in [1.807, 2.05) is 49.2 Å². The SMILES string of the molecule is Cc1ccc(CN(C)c2ccc(C(N)=S)c(Cl)c2)o1. The maximum Gasteiger partial charge on any atom is 0.123 e. The molecule has 0 atom stereocenters. The Balaban J connectivity index is 2.17. The van der Waals surface area contributed by atoms with Crippen LogP contribution in [0.4, 0.5) is 5.69 Å². The average molecular weight is 295 g/mol. The molecule has 1 aromatic carbocycles. The molecule has 0 radical (unpaired) electrons. The summed E-state index contributed by atoms with van der Waals surface area (Å²) in [4.78, 5) is 2.36. The van der Waals surface area contributed by atoms with Gasteiger partial charge in [0.25, 0.3) is 0 Å². The molecule has 2 N–H and O–H groups in total. The van der Waals surface area contributed by atoms with Crippen LogP contribution < -0.4 is 10.6 Å². The number of anilines is 1. The van der Waals surface area contributed by atoms with Gasteiger partial charge in [-0.1, -0.05) is 23.8 Å². The van der Waals surface area contributed by atoms with Gasteiger partial charge in [0, 0.05) is 18.3 Å². The molecule has 0 spiro atoms. The highest BCUT2D eigenvalue weighted by Gasteiger charge is 2.09. The number of thiocarbonyl (C=S) groups is 1. The quantitative estimate of drug-likeness (QED) is 0.876.